The predicted molar refractivity (Wildman–Crippen MR) is 84.2 cm³/mol. The molecule has 2 saturated carbocycles. The molecule has 0 N–H and O–H groups in total. The molecule has 1 aliphatic heterocycles. The van der Waals surface area contributed by atoms with Gasteiger partial charge in [0, 0.05) is 12.7 Å². The highest BCUT2D eigenvalue weighted by molar-refractivity contribution is 7.90. The number of fused-ring (bicyclic) bond motifs is 1. The summed E-state index contributed by atoms with van der Waals surface area (Å²) in [6.45, 7) is 1.37. The summed E-state index contributed by atoms with van der Waals surface area (Å²) in [6.07, 6.45) is 4.78. The van der Waals surface area contributed by atoms with Crippen molar-refractivity contribution in [1.82, 2.24) is 9.29 Å². The van der Waals surface area contributed by atoms with E-state index in [1.807, 2.05) is 18.2 Å². The van der Waals surface area contributed by atoms with E-state index < -0.39 is 10.0 Å². The molecule has 1 aromatic rings. The maximum atomic E-state index is 12.6. The van der Waals surface area contributed by atoms with Crippen LogP contribution in [0.4, 0.5) is 0 Å². The first-order valence-electron chi connectivity index (χ1n) is 8.30. The maximum Gasteiger partial charge on any atom is 0.217 e. The van der Waals surface area contributed by atoms with Crippen molar-refractivity contribution in [3.8, 4) is 0 Å². The number of rotatable bonds is 5. The fraction of sp³-hybridized carbons (Fsp3) is 0.688. The average Bonchev–Trinajstić information content (AvgIpc) is 3.35. The molecule has 3 fully saturated rings. The Kier molecular flexibility index (Phi) is 4.13. The van der Waals surface area contributed by atoms with Gasteiger partial charge in [-0.3, -0.25) is 4.98 Å². The molecule has 1 saturated heterocycles. The smallest absolute Gasteiger partial charge is 0.217 e. The zero-order chi connectivity index (χ0) is 15.9. The van der Waals surface area contributed by atoms with Gasteiger partial charge in [-0.1, -0.05) is 6.07 Å². The van der Waals surface area contributed by atoms with Gasteiger partial charge in [-0.05, 0) is 37.8 Å². The Labute approximate surface area is 136 Å². The number of ether oxygens (including phenoxy) is 2. The Balaban J connectivity index is 1.43. The average molecular weight is 338 g/mol. The van der Waals surface area contributed by atoms with Gasteiger partial charge in [-0.15, -0.1) is 0 Å². The number of sulfonamides is 1. The van der Waals surface area contributed by atoms with Crippen LogP contribution in [0.25, 0.3) is 0 Å². The summed E-state index contributed by atoms with van der Waals surface area (Å²) in [5.41, 5.74) is 0.884. The lowest BCUT2D eigenvalue weighted by Crippen LogP contribution is -2.54. The number of hydrogen-bond donors (Lipinski definition) is 0. The van der Waals surface area contributed by atoms with Crippen LogP contribution in [-0.4, -0.2) is 54.4 Å². The molecule has 2 aliphatic carbocycles. The fourth-order valence-corrected chi connectivity index (χ4v) is 5.66. The lowest BCUT2D eigenvalue weighted by atomic mass is 10.1. The van der Waals surface area contributed by atoms with E-state index in [9.17, 15) is 8.42 Å². The number of nitrogens with zero attached hydrogens (tertiary/aromatic N) is 2. The van der Waals surface area contributed by atoms with Crippen LogP contribution >= 0.6 is 0 Å². The SMILES string of the molecule is O=S(=O)(C1CC1)N1CCO[C@H]2[C@H](OCc3ccccn3)CC[C@@H]21. The zero-order valence-corrected chi connectivity index (χ0v) is 13.8. The molecule has 1 aromatic heterocycles. The van der Waals surface area contributed by atoms with Crippen LogP contribution in [0.1, 0.15) is 31.4 Å². The minimum atomic E-state index is -3.15. The van der Waals surface area contributed by atoms with Gasteiger partial charge >= 0.3 is 0 Å². The summed E-state index contributed by atoms with van der Waals surface area (Å²) in [6, 6.07) is 5.67. The van der Waals surface area contributed by atoms with Gasteiger partial charge in [0.05, 0.1) is 36.3 Å². The Morgan fingerprint density at radius 2 is 2.13 bits per heavy atom. The minimum Gasteiger partial charge on any atom is -0.372 e. The van der Waals surface area contributed by atoms with Crippen molar-refractivity contribution in [2.45, 2.75) is 55.8 Å². The second-order valence-corrected chi connectivity index (χ2v) is 8.67. The minimum absolute atomic E-state index is 0.0563. The quantitative estimate of drug-likeness (QED) is 0.810. The molecule has 7 heteroatoms. The lowest BCUT2D eigenvalue weighted by Gasteiger charge is -2.38. The topological polar surface area (TPSA) is 68.7 Å². The van der Waals surface area contributed by atoms with Crippen molar-refractivity contribution < 1.29 is 17.9 Å². The molecule has 0 unspecified atom stereocenters. The molecule has 2 heterocycles. The molecule has 0 amide bonds. The van der Waals surface area contributed by atoms with E-state index in [1.54, 1.807) is 10.5 Å². The number of aromatic nitrogens is 1. The van der Waals surface area contributed by atoms with Crippen LogP contribution in [0.2, 0.25) is 0 Å². The molecule has 0 aromatic carbocycles. The van der Waals surface area contributed by atoms with Crippen LogP contribution in [0.3, 0.4) is 0 Å². The summed E-state index contributed by atoms with van der Waals surface area (Å²) in [5, 5.41) is -0.158. The number of pyridine rings is 1. The van der Waals surface area contributed by atoms with Gasteiger partial charge in [-0.25, -0.2) is 8.42 Å². The Hall–Kier alpha value is -1.02. The van der Waals surface area contributed by atoms with Gasteiger partial charge in [0.2, 0.25) is 10.0 Å². The molecule has 0 radical (unpaired) electrons. The monoisotopic (exact) mass is 338 g/mol. The first-order valence-corrected chi connectivity index (χ1v) is 9.80. The normalized spacial score (nSPS) is 31.9. The molecule has 126 valence electrons. The first-order chi connectivity index (χ1) is 11.2. The van der Waals surface area contributed by atoms with Crippen molar-refractivity contribution >= 4 is 10.0 Å². The number of hydrogen-bond acceptors (Lipinski definition) is 5. The largest absolute Gasteiger partial charge is 0.372 e. The van der Waals surface area contributed by atoms with Gasteiger partial charge in [0.1, 0.15) is 6.10 Å². The third-order valence-electron chi connectivity index (χ3n) is 4.93. The Morgan fingerprint density at radius 3 is 2.87 bits per heavy atom. The van der Waals surface area contributed by atoms with Crippen molar-refractivity contribution in [3.05, 3.63) is 30.1 Å². The summed E-state index contributed by atoms with van der Waals surface area (Å²) < 4.78 is 38.8. The summed E-state index contributed by atoms with van der Waals surface area (Å²) >= 11 is 0. The summed E-state index contributed by atoms with van der Waals surface area (Å²) in [4.78, 5) is 4.26. The van der Waals surface area contributed by atoms with E-state index in [4.69, 9.17) is 9.47 Å². The number of morpholine rings is 1. The highest BCUT2D eigenvalue weighted by atomic mass is 32.2. The van der Waals surface area contributed by atoms with Crippen molar-refractivity contribution in [1.29, 1.82) is 0 Å². The first kappa shape index (κ1) is 15.5. The van der Waals surface area contributed by atoms with Crippen LogP contribution < -0.4 is 0 Å². The third kappa shape index (κ3) is 3.03. The van der Waals surface area contributed by atoms with Crippen LogP contribution in [0.5, 0.6) is 0 Å². The summed E-state index contributed by atoms with van der Waals surface area (Å²) in [7, 11) is -3.15. The van der Waals surface area contributed by atoms with E-state index in [0.717, 1.165) is 31.4 Å². The molecule has 0 bridgehead atoms. The molecule has 3 atom stereocenters. The Morgan fingerprint density at radius 1 is 1.26 bits per heavy atom. The van der Waals surface area contributed by atoms with Crippen LogP contribution in [0.15, 0.2) is 24.4 Å². The summed E-state index contributed by atoms with van der Waals surface area (Å²) in [5.74, 6) is 0. The lowest BCUT2D eigenvalue weighted by molar-refractivity contribution is -0.101. The second kappa shape index (κ2) is 6.12. The van der Waals surface area contributed by atoms with E-state index in [1.165, 1.54) is 0 Å². The molecule has 0 spiro atoms. The maximum absolute atomic E-state index is 12.6. The van der Waals surface area contributed by atoms with Gasteiger partial charge in [0.25, 0.3) is 0 Å². The highest BCUT2D eigenvalue weighted by Crippen LogP contribution is 2.38. The molecular weight excluding hydrogens is 316 g/mol. The van der Waals surface area contributed by atoms with E-state index in [2.05, 4.69) is 4.98 Å². The fourth-order valence-electron chi connectivity index (χ4n) is 3.61. The van der Waals surface area contributed by atoms with Crippen molar-refractivity contribution in [3.63, 3.8) is 0 Å². The zero-order valence-electron chi connectivity index (χ0n) is 13.0. The third-order valence-corrected chi connectivity index (χ3v) is 7.35. The van der Waals surface area contributed by atoms with E-state index in [0.29, 0.717) is 19.8 Å². The van der Waals surface area contributed by atoms with Gasteiger partial charge in [0.15, 0.2) is 0 Å². The standard InChI is InChI=1S/C16H22N2O4S/c19-23(20,13-4-5-13)18-9-10-21-16-14(18)6-7-15(16)22-11-12-3-1-2-8-17-12/h1-3,8,13-16H,4-7,9-11H2/t14-,15+,16+/m0/s1. The van der Waals surface area contributed by atoms with Gasteiger partial charge in [-0.2, -0.15) is 4.31 Å². The van der Waals surface area contributed by atoms with Gasteiger partial charge < -0.3 is 9.47 Å². The molecule has 3 aliphatic rings. The van der Waals surface area contributed by atoms with Crippen LogP contribution in [-0.2, 0) is 26.1 Å². The molecule has 4 rings (SSSR count). The highest BCUT2D eigenvalue weighted by Gasteiger charge is 2.50. The van der Waals surface area contributed by atoms with E-state index in [-0.39, 0.29) is 23.5 Å². The van der Waals surface area contributed by atoms with Crippen LogP contribution in [0, 0.1) is 0 Å². The van der Waals surface area contributed by atoms with Crippen molar-refractivity contribution in [2.24, 2.45) is 0 Å². The molecule has 6 nitrogen and oxygen atoms in total. The molecule has 23 heavy (non-hydrogen) atoms. The molecular formula is C16H22N2O4S. The van der Waals surface area contributed by atoms with Crippen molar-refractivity contribution in [2.75, 3.05) is 13.2 Å². The second-order valence-electron chi connectivity index (χ2n) is 6.51. The van der Waals surface area contributed by atoms with E-state index >= 15 is 0 Å². The predicted octanol–water partition coefficient (Wildman–Crippen LogP) is 1.32. The Bertz CT molecular complexity index is 647.